The molecule has 14 rings (SSSR count). The second kappa shape index (κ2) is 27.4. The molecular formula is C88H76MnN2O4Si2. The fourth-order valence-electron chi connectivity index (χ4n) is 14.6. The predicted molar refractivity (Wildman–Crippen MR) is 407 cm³/mol. The van der Waals surface area contributed by atoms with Gasteiger partial charge in [-0.2, -0.15) is 0 Å². The van der Waals surface area contributed by atoms with E-state index in [2.05, 4.69) is 284 Å². The maximum atomic E-state index is 13.4. The fourth-order valence-corrected chi connectivity index (χ4v) is 23.4. The molecule has 0 aliphatic rings. The van der Waals surface area contributed by atoms with Crippen LogP contribution in [0.3, 0.4) is 0 Å². The zero-order valence-corrected chi connectivity index (χ0v) is 58.5. The van der Waals surface area contributed by atoms with Crippen molar-refractivity contribution < 1.29 is 36.1 Å². The Labute approximate surface area is 581 Å². The Hall–Kier alpha value is -10.4. The molecule has 0 amide bonds. The van der Waals surface area contributed by atoms with Crippen LogP contribution in [0.15, 0.2) is 325 Å². The molecule has 0 saturated carbocycles. The van der Waals surface area contributed by atoms with Crippen LogP contribution in [0.25, 0.3) is 65.3 Å². The number of nitrogens with zero attached hydrogens (tertiary/aromatic N) is 2. The molecule has 6 nitrogen and oxygen atoms in total. The Bertz CT molecular complexity index is 4770. The van der Waals surface area contributed by atoms with Crippen molar-refractivity contribution in [3.63, 3.8) is 0 Å². The van der Waals surface area contributed by atoms with E-state index >= 15 is 0 Å². The summed E-state index contributed by atoms with van der Waals surface area (Å²) in [7, 11) is -6.43. The summed E-state index contributed by atoms with van der Waals surface area (Å²) >= 11 is 0. The van der Waals surface area contributed by atoms with Gasteiger partial charge < -0.3 is 19.1 Å². The molecular weight excluding hydrogens is 1260 g/mol. The average molecular weight is 1340 g/mol. The Balaban J connectivity index is 0.00000849. The van der Waals surface area contributed by atoms with Crippen molar-refractivity contribution >= 4 is 92.9 Å². The molecule has 97 heavy (non-hydrogen) atoms. The number of hydrogen-bond acceptors (Lipinski definition) is 6. The van der Waals surface area contributed by atoms with Crippen molar-refractivity contribution in [3.8, 4) is 45.3 Å². The molecule has 0 saturated heterocycles. The van der Waals surface area contributed by atoms with Crippen molar-refractivity contribution in [2.45, 2.75) is 63.7 Å². The summed E-state index contributed by atoms with van der Waals surface area (Å²) in [6, 6.07) is 108. The normalized spacial score (nSPS) is 12.9. The molecule has 14 aromatic carbocycles. The number of aliphatic imine (C=N–C) groups is 2. The quantitative estimate of drug-likeness (QED) is 0.0703. The van der Waals surface area contributed by atoms with E-state index in [0.717, 1.165) is 86.1 Å². The summed E-state index contributed by atoms with van der Waals surface area (Å²) in [5.74, 6) is 1.52. The first-order valence-electron chi connectivity index (χ1n) is 33.0. The van der Waals surface area contributed by atoms with Gasteiger partial charge in [-0.05, 0) is 109 Å². The summed E-state index contributed by atoms with van der Waals surface area (Å²) in [5.41, 5.74) is 5.82. The molecule has 9 heteroatoms. The van der Waals surface area contributed by atoms with Gasteiger partial charge in [-0.25, -0.2) is 0 Å². The van der Waals surface area contributed by atoms with E-state index in [4.69, 9.17) is 18.8 Å². The number of hydrogen-bond donors (Lipinski definition) is 2. The molecule has 2 atom stereocenters. The molecule has 2 unspecified atom stereocenters. The maximum absolute atomic E-state index is 13.4. The number of benzene rings is 14. The van der Waals surface area contributed by atoms with Crippen LogP contribution < -0.4 is 29.6 Å². The first-order valence-corrected chi connectivity index (χ1v) is 36.9. The molecule has 2 N–H and O–H groups in total. The number of phenolic OH excluding ortho intramolecular Hbond substituents is 2. The molecule has 0 aliphatic heterocycles. The number of rotatable bonds is 17. The third kappa shape index (κ3) is 12.2. The molecule has 0 fully saturated rings. The minimum absolute atomic E-state index is 0. The first kappa shape index (κ1) is 65.3. The minimum Gasteiger partial charge on any atom is -0.534 e. The summed E-state index contributed by atoms with van der Waals surface area (Å²) in [5, 5.41) is 38.3. The second-order valence-electron chi connectivity index (χ2n) is 26.9. The first-order chi connectivity index (χ1) is 46.7. The van der Waals surface area contributed by atoms with E-state index in [9.17, 15) is 10.2 Å². The van der Waals surface area contributed by atoms with Gasteiger partial charge in [-0.1, -0.05) is 333 Å². The molecule has 477 valence electrons. The number of fused-ring (bicyclic) bond motifs is 4. The van der Waals surface area contributed by atoms with E-state index in [1.54, 1.807) is 0 Å². The summed E-state index contributed by atoms with van der Waals surface area (Å²) in [6.07, 6.45) is 3.64. The molecule has 0 heterocycles. The van der Waals surface area contributed by atoms with Crippen molar-refractivity contribution in [1.82, 2.24) is 0 Å². The van der Waals surface area contributed by atoms with Crippen LogP contribution in [-0.2, 0) is 17.1 Å². The number of phenols is 2. The summed E-state index contributed by atoms with van der Waals surface area (Å²) in [6.45, 7) is 13.7. The smallest absolute Gasteiger partial charge is 0.319 e. The van der Waals surface area contributed by atoms with Gasteiger partial charge >= 0.3 is 16.6 Å². The topological polar surface area (TPSA) is 83.6 Å². The van der Waals surface area contributed by atoms with E-state index in [1.807, 2.05) is 85.2 Å². The number of aromatic hydroxyl groups is 2. The monoisotopic (exact) mass is 1340 g/mol. The van der Waals surface area contributed by atoms with Crippen LogP contribution in [-0.4, -0.2) is 39.3 Å². The Morgan fingerprint density at radius 2 is 0.567 bits per heavy atom. The largest absolute Gasteiger partial charge is 0.534 e. The second-order valence-corrected chi connectivity index (χ2v) is 35.4. The molecule has 0 aliphatic carbocycles. The van der Waals surface area contributed by atoms with Gasteiger partial charge in [0, 0.05) is 62.9 Å². The maximum Gasteiger partial charge on any atom is 0.319 e. The molecule has 14 aromatic rings. The van der Waals surface area contributed by atoms with E-state index < -0.39 is 28.7 Å². The van der Waals surface area contributed by atoms with Crippen molar-refractivity contribution in [1.29, 1.82) is 0 Å². The van der Waals surface area contributed by atoms with Gasteiger partial charge in [0.05, 0.1) is 0 Å². The average Bonchev–Trinajstić information content (AvgIpc) is 0.735. The van der Waals surface area contributed by atoms with Gasteiger partial charge in [0.1, 0.15) is 35.1 Å². The van der Waals surface area contributed by atoms with E-state index in [-0.39, 0.29) is 38.6 Å². The SMILES string of the molecule is CC(C)(C)[Si](Oc1ccc2ccccc2c1-c1c(O)c(C=NC(c2ccccc2)C(N=Cc2cc3ccccc3c(-c3c(O[Si](c4ccccc4)(c4ccccc4)C(C)(C)C)ccc4ccccc34)c2O)c2ccccc2)cc2ccccc12)(c1ccccc1)c1ccccc1.[Mn]. The molecule has 0 bridgehead atoms. The standard InChI is InChI=1S/C88H76N2O4Si2.Mn/c1-87(2,3)95(69-41-17-9-18-42-69,70-43-19-10-20-44-70)93-77-55-53-61-33-25-29-49-73(61)79(77)81-75-51-31-27-39-65(75)57-67(85(81)91)59-89-83(63-35-13-7-14-36-63)84(64-37-15-8-16-38-64)90-60-68-58-66-40-28-32-52-76(66)82(86(68)92)80-74-50-30-26-34-62(74)54-56-78(80)94-96(88(4,5)6,71-45-21-11-22-46-71)72-47-23-12-24-48-72;/h7-60,83-84,91-92H,1-6H3;. The van der Waals surface area contributed by atoms with Crippen LogP contribution in [0.5, 0.6) is 23.0 Å². The van der Waals surface area contributed by atoms with Gasteiger partial charge in [-0.15, -0.1) is 0 Å². The van der Waals surface area contributed by atoms with Crippen LogP contribution in [0.1, 0.15) is 75.9 Å². The van der Waals surface area contributed by atoms with Crippen molar-refractivity contribution in [3.05, 3.63) is 338 Å². The van der Waals surface area contributed by atoms with Gasteiger partial charge in [0.2, 0.25) is 0 Å². The van der Waals surface area contributed by atoms with Crippen LogP contribution in [0.2, 0.25) is 10.1 Å². The van der Waals surface area contributed by atoms with Crippen LogP contribution >= 0.6 is 0 Å². The Kier molecular flexibility index (Phi) is 18.4. The van der Waals surface area contributed by atoms with E-state index in [0.29, 0.717) is 33.8 Å². The minimum atomic E-state index is -3.22. The predicted octanol–water partition coefficient (Wildman–Crippen LogP) is 19.9. The third-order valence-electron chi connectivity index (χ3n) is 19.1. The zero-order valence-electron chi connectivity index (χ0n) is 55.3. The fraction of sp³-hybridized carbons (Fsp3) is 0.114. The van der Waals surface area contributed by atoms with Crippen LogP contribution in [0, 0.1) is 0 Å². The van der Waals surface area contributed by atoms with Crippen molar-refractivity contribution in [2.75, 3.05) is 0 Å². The van der Waals surface area contributed by atoms with Crippen molar-refractivity contribution in [2.24, 2.45) is 9.98 Å². The third-order valence-corrected chi connectivity index (χ3v) is 28.9. The Morgan fingerprint density at radius 3 is 0.866 bits per heavy atom. The summed E-state index contributed by atoms with van der Waals surface area (Å²) < 4.78 is 16.0. The molecule has 0 aromatic heterocycles. The summed E-state index contributed by atoms with van der Waals surface area (Å²) in [4.78, 5) is 11.2. The van der Waals surface area contributed by atoms with Gasteiger partial charge in [0.15, 0.2) is 0 Å². The van der Waals surface area contributed by atoms with Crippen LogP contribution in [0.4, 0.5) is 0 Å². The van der Waals surface area contributed by atoms with Gasteiger partial charge in [-0.3, -0.25) is 9.98 Å². The van der Waals surface area contributed by atoms with Gasteiger partial charge in [0.25, 0.3) is 0 Å². The zero-order chi connectivity index (χ0) is 66.0. The van der Waals surface area contributed by atoms with E-state index in [1.165, 1.54) is 0 Å². The molecule has 1 radical (unpaired) electrons. The molecule has 0 spiro atoms. The Morgan fingerprint density at radius 1 is 0.309 bits per heavy atom.